The molecule has 2 rings (SSSR count). The molecule has 0 radical (unpaired) electrons. The van der Waals surface area contributed by atoms with Gasteiger partial charge in [0, 0.05) is 17.5 Å². The van der Waals surface area contributed by atoms with Crippen LogP contribution in [-0.4, -0.2) is 48.6 Å². The van der Waals surface area contributed by atoms with Crippen LogP contribution in [0.25, 0.3) is 0 Å². The molecule has 23 heavy (non-hydrogen) atoms. The zero-order valence-electron chi connectivity index (χ0n) is 14.2. The first-order valence-corrected chi connectivity index (χ1v) is 10.7. The zero-order valence-corrected chi connectivity index (χ0v) is 15.8. The second kappa shape index (κ2) is 7.26. The molecule has 1 saturated heterocycles. The van der Waals surface area contributed by atoms with Gasteiger partial charge in [-0.1, -0.05) is 6.07 Å². The van der Waals surface area contributed by atoms with Crippen molar-refractivity contribution in [3.05, 3.63) is 29.3 Å². The van der Waals surface area contributed by atoms with Gasteiger partial charge in [-0.05, 0) is 57.4 Å². The van der Waals surface area contributed by atoms with E-state index in [2.05, 4.69) is 26.0 Å². The van der Waals surface area contributed by atoms with Gasteiger partial charge in [-0.25, -0.2) is 8.42 Å². The van der Waals surface area contributed by atoms with Crippen molar-refractivity contribution in [1.82, 2.24) is 4.90 Å². The van der Waals surface area contributed by atoms with Gasteiger partial charge >= 0.3 is 0 Å². The lowest BCUT2D eigenvalue weighted by Gasteiger charge is -2.29. The first kappa shape index (κ1) is 18.3. The van der Waals surface area contributed by atoms with Gasteiger partial charge in [-0.2, -0.15) is 0 Å². The summed E-state index contributed by atoms with van der Waals surface area (Å²) in [5, 5.41) is -0.222. The molecule has 0 aliphatic carbocycles. The third-order valence-corrected chi connectivity index (χ3v) is 7.24. The number of hydrogen-bond donors (Lipinski definition) is 0. The van der Waals surface area contributed by atoms with E-state index in [0.29, 0.717) is 13.0 Å². The molecule has 0 bridgehead atoms. The number of amides is 1. The lowest BCUT2D eigenvalue weighted by atomic mass is 10.1. The molecule has 1 amide bonds. The van der Waals surface area contributed by atoms with Crippen LogP contribution in [0, 0.1) is 13.8 Å². The van der Waals surface area contributed by atoms with Crippen molar-refractivity contribution in [2.75, 3.05) is 18.1 Å². The number of thioether (sulfide) groups is 1. The molecule has 128 valence electrons. The highest BCUT2D eigenvalue weighted by atomic mass is 32.2. The molecule has 1 aliphatic rings. The van der Waals surface area contributed by atoms with E-state index in [-0.39, 0.29) is 28.7 Å². The summed E-state index contributed by atoms with van der Waals surface area (Å²) in [6.45, 7) is 8.49. The predicted molar refractivity (Wildman–Crippen MR) is 95.7 cm³/mol. The average Bonchev–Trinajstić information content (AvgIpc) is 2.83. The minimum Gasteiger partial charge on any atom is -0.338 e. The number of sulfone groups is 1. The highest BCUT2D eigenvalue weighted by Crippen LogP contribution is 2.28. The lowest BCUT2D eigenvalue weighted by molar-refractivity contribution is -0.131. The molecule has 4 nitrogen and oxygen atoms in total. The van der Waals surface area contributed by atoms with Gasteiger partial charge in [0.1, 0.15) is 0 Å². The number of nitrogens with zero attached hydrogens (tertiary/aromatic N) is 1. The third-order valence-electron chi connectivity index (χ3n) is 4.41. The van der Waals surface area contributed by atoms with E-state index >= 15 is 0 Å². The summed E-state index contributed by atoms with van der Waals surface area (Å²) in [4.78, 5) is 15.6. The van der Waals surface area contributed by atoms with Crippen molar-refractivity contribution in [2.45, 2.75) is 50.3 Å². The van der Waals surface area contributed by atoms with Gasteiger partial charge in [-0.3, -0.25) is 4.79 Å². The summed E-state index contributed by atoms with van der Waals surface area (Å²) in [5.41, 5.74) is 2.45. The summed E-state index contributed by atoms with van der Waals surface area (Å²) >= 11 is 1.54. The quantitative estimate of drug-likeness (QED) is 0.762. The molecule has 1 fully saturated rings. The number of carbonyl (C=O) groups is 1. The Hall–Kier alpha value is -1.01. The largest absolute Gasteiger partial charge is 0.338 e. The van der Waals surface area contributed by atoms with E-state index in [9.17, 15) is 13.2 Å². The maximum Gasteiger partial charge on any atom is 0.236 e. The second-order valence-corrected chi connectivity index (χ2v) is 9.83. The van der Waals surface area contributed by atoms with Crippen LogP contribution >= 0.6 is 11.8 Å². The molecular weight excluding hydrogens is 330 g/mol. The van der Waals surface area contributed by atoms with E-state index in [0.717, 1.165) is 4.90 Å². The van der Waals surface area contributed by atoms with Gasteiger partial charge in [0.15, 0.2) is 9.84 Å². The molecule has 1 aliphatic heterocycles. The van der Waals surface area contributed by atoms with E-state index in [4.69, 9.17) is 0 Å². The molecule has 0 saturated carbocycles. The maximum atomic E-state index is 12.7. The fourth-order valence-electron chi connectivity index (χ4n) is 2.89. The van der Waals surface area contributed by atoms with Crippen LogP contribution in [0.15, 0.2) is 23.1 Å². The van der Waals surface area contributed by atoms with Crippen LogP contribution in [0.4, 0.5) is 0 Å². The number of benzene rings is 1. The molecule has 6 heteroatoms. The van der Waals surface area contributed by atoms with E-state index < -0.39 is 9.84 Å². The SMILES string of the molecule is CCN(C(=O)[C@@H](C)Sc1ccc(C)c(C)c1)[C@H]1CCS(=O)(=O)C1. The number of hydrogen-bond acceptors (Lipinski definition) is 4. The second-order valence-electron chi connectivity index (χ2n) is 6.19. The maximum absolute atomic E-state index is 12.7. The Kier molecular flexibility index (Phi) is 5.79. The summed E-state index contributed by atoms with van der Waals surface area (Å²) in [5.74, 6) is 0.325. The Bertz CT molecular complexity index is 685. The van der Waals surface area contributed by atoms with Crippen LogP contribution < -0.4 is 0 Å². The number of aryl methyl sites for hydroxylation is 2. The molecular formula is C17H25NO3S2. The minimum absolute atomic E-state index is 0.0258. The van der Waals surface area contributed by atoms with Crippen molar-refractivity contribution in [2.24, 2.45) is 0 Å². The van der Waals surface area contributed by atoms with Crippen molar-refractivity contribution >= 4 is 27.5 Å². The smallest absolute Gasteiger partial charge is 0.236 e. The van der Waals surface area contributed by atoms with Gasteiger partial charge < -0.3 is 4.90 Å². The monoisotopic (exact) mass is 355 g/mol. The summed E-state index contributed by atoms with van der Waals surface area (Å²) in [6, 6.07) is 6.03. The summed E-state index contributed by atoms with van der Waals surface area (Å²) < 4.78 is 23.3. The molecule has 2 atom stereocenters. The Labute approximate surface area is 143 Å². The van der Waals surface area contributed by atoms with Crippen molar-refractivity contribution < 1.29 is 13.2 Å². The van der Waals surface area contributed by atoms with Gasteiger partial charge in [0.25, 0.3) is 0 Å². The van der Waals surface area contributed by atoms with Crippen LogP contribution in [0.1, 0.15) is 31.4 Å². The predicted octanol–water partition coefficient (Wildman–Crippen LogP) is 2.82. The first-order valence-electron chi connectivity index (χ1n) is 7.98. The van der Waals surface area contributed by atoms with Gasteiger partial charge in [0.2, 0.25) is 5.91 Å². The highest BCUT2D eigenvalue weighted by Gasteiger charge is 2.35. The van der Waals surface area contributed by atoms with Crippen LogP contribution in [0.3, 0.4) is 0 Å². The molecule has 0 unspecified atom stereocenters. The standard InChI is InChI=1S/C17H25NO3S2/c1-5-18(15-8-9-23(20,21)11-15)17(19)14(4)22-16-7-6-12(2)13(3)10-16/h6-7,10,14-15H,5,8-9,11H2,1-4H3/t14-,15+/m1/s1. The van der Waals surface area contributed by atoms with E-state index in [1.165, 1.54) is 22.9 Å². The molecule has 1 aromatic rings. The molecule has 0 N–H and O–H groups in total. The fraction of sp³-hybridized carbons (Fsp3) is 0.588. The summed E-state index contributed by atoms with van der Waals surface area (Å²) in [6.07, 6.45) is 0.558. The Morgan fingerprint density at radius 1 is 1.35 bits per heavy atom. The average molecular weight is 356 g/mol. The minimum atomic E-state index is -2.98. The summed E-state index contributed by atoms with van der Waals surface area (Å²) in [7, 11) is -2.98. The van der Waals surface area contributed by atoms with Gasteiger partial charge in [-0.15, -0.1) is 11.8 Å². The van der Waals surface area contributed by atoms with Crippen LogP contribution in [-0.2, 0) is 14.6 Å². The van der Waals surface area contributed by atoms with Crippen molar-refractivity contribution in [1.29, 1.82) is 0 Å². The third kappa shape index (κ3) is 4.51. The van der Waals surface area contributed by atoms with Crippen molar-refractivity contribution in [3.8, 4) is 0 Å². The Morgan fingerprint density at radius 2 is 2.04 bits per heavy atom. The first-order chi connectivity index (χ1) is 10.7. The Balaban J connectivity index is 2.06. The van der Waals surface area contributed by atoms with Crippen LogP contribution in [0.5, 0.6) is 0 Å². The molecule has 1 heterocycles. The van der Waals surface area contributed by atoms with E-state index in [1.807, 2.05) is 19.9 Å². The lowest BCUT2D eigenvalue weighted by Crippen LogP contribution is -2.44. The molecule has 1 aromatic carbocycles. The van der Waals surface area contributed by atoms with Crippen molar-refractivity contribution in [3.63, 3.8) is 0 Å². The normalized spacial score (nSPS) is 21.1. The van der Waals surface area contributed by atoms with Gasteiger partial charge in [0.05, 0.1) is 16.8 Å². The van der Waals surface area contributed by atoms with E-state index in [1.54, 1.807) is 4.90 Å². The highest BCUT2D eigenvalue weighted by molar-refractivity contribution is 8.00. The topological polar surface area (TPSA) is 54.5 Å². The number of rotatable bonds is 5. The molecule has 0 spiro atoms. The molecule has 0 aromatic heterocycles. The zero-order chi connectivity index (χ0) is 17.2. The fourth-order valence-corrected chi connectivity index (χ4v) is 5.66. The Morgan fingerprint density at radius 3 is 2.57 bits per heavy atom. The number of carbonyl (C=O) groups excluding carboxylic acids is 1. The van der Waals surface area contributed by atoms with Crippen LogP contribution in [0.2, 0.25) is 0 Å².